The number of nitrogens with zero attached hydrogens (tertiary/aromatic N) is 3. The zero-order valence-electron chi connectivity index (χ0n) is 18.3. The number of nitro benzene ring substituents is 1. The number of hydrogen-bond acceptors (Lipinski definition) is 5. The van der Waals surface area contributed by atoms with Gasteiger partial charge in [-0.05, 0) is 36.8 Å². The SMILES string of the molecule is C[C@@H](Nc1cc(N2CCN(C(=O)c3ccccc3F)CC2)ccc1[N+](=O)[O-])c1ccccc1. The van der Waals surface area contributed by atoms with Gasteiger partial charge >= 0.3 is 0 Å². The van der Waals surface area contributed by atoms with Crippen LogP contribution >= 0.6 is 0 Å². The summed E-state index contributed by atoms with van der Waals surface area (Å²) >= 11 is 0. The van der Waals surface area contributed by atoms with Gasteiger partial charge in [-0.15, -0.1) is 0 Å². The van der Waals surface area contributed by atoms with Crippen molar-refractivity contribution in [2.75, 3.05) is 36.4 Å². The van der Waals surface area contributed by atoms with Crippen LogP contribution in [-0.2, 0) is 0 Å². The number of nitro groups is 1. The van der Waals surface area contributed by atoms with E-state index in [2.05, 4.69) is 10.2 Å². The second-order valence-electron chi connectivity index (χ2n) is 7.99. The van der Waals surface area contributed by atoms with E-state index in [0.717, 1.165) is 11.3 Å². The predicted molar refractivity (Wildman–Crippen MR) is 126 cm³/mol. The molecule has 0 saturated carbocycles. The van der Waals surface area contributed by atoms with E-state index in [0.29, 0.717) is 31.9 Å². The minimum atomic E-state index is -0.524. The first-order valence-electron chi connectivity index (χ1n) is 10.8. The highest BCUT2D eigenvalue weighted by Crippen LogP contribution is 2.33. The Bertz CT molecular complexity index is 1150. The number of halogens is 1. The molecule has 3 aromatic carbocycles. The number of nitrogens with one attached hydrogen (secondary N) is 1. The van der Waals surface area contributed by atoms with Crippen LogP contribution in [0.15, 0.2) is 72.8 Å². The van der Waals surface area contributed by atoms with Crippen LogP contribution in [0.2, 0.25) is 0 Å². The van der Waals surface area contributed by atoms with Gasteiger partial charge in [0.15, 0.2) is 0 Å². The highest BCUT2D eigenvalue weighted by Gasteiger charge is 2.25. The molecular formula is C25H25FN4O3. The minimum absolute atomic E-state index is 0.00916. The quantitative estimate of drug-likeness (QED) is 0.430. The standard InChI is InChI=1S/C25H25FN4O3/c1-18(19-7-3-2-4-8-19)27-23-17-20(11-12-24(23)30(32)33)28-13-15-29(16-14-28)25(31)21-9-5-6-10-22(21)26/h2-12,17-18,27H,13-16H2,1H3/t18-/m1/s1. The second-order valence-corrected chi connectivity index (χ2v) is 7.99. The topological polar surface area (TPSA) is 78.7 Å². The summed E-state index contributed by atoms with van der Waals surface area (Å²) < 4.78 is 14.0. The molecule has 1 aliphatic rings. The minimum Gasteiger partial charge on any atom is -0.373 e. The average molecular weight is 448 g/mol. The van der Waals surface area contributed by atoms with Crippen LogP contribution in [0.4, 0.5) is 21.5 Å². The Morgan fingerprint density at radius 1 is 1.00 bits per heavy atom. The van der Waals surface area contributed by atoms with E-state index >= 15 is 0 Å². The summed E-state index contributed by atoms with van der Waals surface area (Å²) in [6.07, 6.45) is 0. The first-order chi connectivity index (χ1) is 15.9. The first kappa shape index (κ1) is 22.3. The fourth-order valence-electron chi connectivity index (χ4n) is 4.03. The number of hydrogen-bond donors (Lipinski definition) is 1. The van der Waals surface area contributed by atoms with Crippen LogP contribution in [0, 0.1) is 15.9 Å². The molecule has 3 aromatic rings. The van der Waals surface area contributed by atoms with E-state index in [1.165, 1.54) is 18.2 Å². The van der Waals surface area contributed by atoms with Crippen molar-refractivity contribution in [2.24, 2.45) is 0 Å². The Morgan fingerprint density at radius 3 is 2.33 bits per heavy atom. The van der Waals surface area contributed by atoms with Gasteiger partial charge in [0.05, 0.1) is 10.5 Å². The van der Waals surface area contributed by atoms with Crippen molar-refractivity contribution in [3.63, 3.8) is 0 Å². The predicted octanol–water partition coefficient (Wildman–Crippen LogP) is 4.87. The molecule has 4 rings (SSSR count). The molecule has 0 unspecified atom stereocenters. The lowest BCUT2D eigenvalue weighted by molar-refractivity contribution is -0.384. The Kier molecular flexibility index (Phi) is 6.53. The van der Waals surface area contributed by atoms with E-state index in [1.54, 1.807) is 29.2 Å². The molecule has 1 fully saturated rings. The van der Waals surface area contributed by atoms with E-state index < -0.39 is 10.7 Å². The van der Waals surface area contributed by atoms with Gasteiger partial charge in [0.1, 0.15) is 11.5 Å². The second kappa shape index (κ2) is 9.68. The third kappa shape index (κ3) is 4.95. The molecule has 1 heterocycles. The van der Waals surface area contributed by atoms with E-state index in [-0.39, 0.29) is 23.2 Å². The van der Waals surface area contributed by atoms with Crippen LogP contribution < -0.4 is 10.2 Å². The molecule has 0 spiro atoms. The number of piperazine rings is 1. The number of anilines is 2. The highest BCUT2D eigenvalue weighted by molar-refractivity contribution is 5.94. The monoisotopic (exact) mass is 448 g/mol. The number of rotatable bonds is 6. The molecule has 0 aliphatic carbocycles. The average Bonchev–Trinajstić information content (AvgIpc) is 2.84. The lowest BCUT2D eigenvalue weighted by atomic mass is 10.1. The summed E-state index contributed by atoms with van der Waals surface area (Å²) in [5.41, 5.74) is 2.38. The van der Waals surface area contributed by atoms with Gasteiger partial charge in [0, 0.05) is 44.0 Å². The van der Waals surface area contributed by atoms with Crippen LogP contribution in [0.5, 0.6) is 0 Å². The van der Waals surface area contributed by atoms with Crippen LogP contribution in [0.25, 0.3) is 0 Å². The molecule has 170 valence electrons. The number of benzene rings is 3. The number of amides is 1. The summed E-state index contributed by atoms with van der Waals surface area (Å²) in [6.45, 7) is 3.93. The molecule has 1 aliphatic heterocycles. The summed E-state index contributed by atoms with van der Waals surface area (Å²) in [6, 6.07) is 20.6. The maximum atomic E-state index is 14.0. The van der Waals surface area contributed by atoms with E-state index in [1.807, 2.05) is 37.3 Å². The molecule has 0 radical (unpaired) electrons. The lowest BCUT2D eigenvalue weighted by Crippen LogP contribution is -2.49. The maximum absolute atomic E-state index is 14.0. The number of carbonyl (C=O) groups excluding carboxylic acids is 1. The van der Waals surface area contributed by atoms with Gasteiger partial charge < -0.3 is 15.1 Å². The maximum Gasteiger partial charge on any atom is 0.292 e. The zero-order valence-corrected chi connectivity index (χ0v) is 18.3. The largest absolute Gasteiger partial charge is 0.373 e. The van der Waals surface area contributed by atoms with Gasteiger partial charge in [0.2, 0.25) is 0 Å². The van der Waals surface area contributed by atoms with Gasteiger partial charge in [0.25, 0.3) is 11.6 Å². The normalized spacial score (nSPS) is 14.6. The fraction of sp³-hybridized carbons (Fsp3) is 0.240. The number of carbonyl (C=O) groups is 1. The Balaban J connectivity index is 1.48. The first-order valence-corrected chi connectivity index (χ1v) is 10.8. The third-order valence-electron chi connectivity index (χ3n) is 5.88. The smallest absolute Gasteiger partial charge is 0.292 e. The summed E-state index contributed by atoms with van der Waals surface area (Å²) in [5.74, 6) is -0.848. The van der Waals surface area contributed by atoms with Crippen molar-refractivity contribution in [2.45, 2.75) is 13.0 Å². The van der Waals surface area contributed by atoms with E-state index in [9.17, 15) is 19.3 Å². The molecule has 1 atom stereocenters. The van der Waals surface area contributed by atoms with Gasteiger partial charge in [-0.2, -0.15) is 0 Å². The Hall–Kier alpha value is -3.94. The van der Waals surface area contributed by atoms with E-state index in [4.69, 9.17) is 0 Å². The molecule has 1 N–H and O–H groups in total. The molecule has 0 aromatic heterocycles. The van der Waals surface area contributed by atoms with Crippen molar-refractivity contribution < 1.29 is 14.1 Å². The van der Waals surface area contributed by atoms with Crippen molar-refractivity contribution in [3.05, 3.63) is 99.9 Å². The van der Waals surface area contributed by atoms with Gasteiger partial charge in [-0.1, -0.05) is 42.5 Å². The van der Waals surface area contributed by atoms with Gasteiger partial charge in [-0.3, -0.25) is 14.9 Å². The van der Waals surface area contributed by atoms with Crippen molar-refractivity contribution in [1.82, 2.24) is 4.90 Å². The van der Waals surface area contributed by atoms with Crippen molar-refractivity contribution in [3.8, 4) is 0 Å². The zero-order chi connectivity index (χ0) is 23.4. The van der Waals surface area contributed by atoms with Gasteiger partial charge in [-0.25, -0.2) is 4.39 Å². The molecule has 7 nitrogen and oxygen atoms in total. The van der Waals surface area contributed by atoms with Crippen molar-refractivity contribution in [1.29, 1.82) is 0 Å². The van der Waals surface area contributed by atoms with Crippen LogP contribution in [-0.4, -0.2) is 41.9 Å². The van der Waals surface area contributed by atoms with Crippen molar-refractivity contribution >= 4 is 23.0 Å². The van der Waals surface area contributed by atoms with Crippen LogP contribution in [0.3, 0.4) is 0 Å². The summed E-state index contributed by atoms with van der Waals surface area (Å²) in [4.78, 5) is 27.6. The lowest BCUT2D eigenvalue weighted by Gasteiger charge is -2.36. The Morgan fingerprint density at radius 2 is 1.67 bits per heavy atom. The molecule has 33 heavy (non-hydrogen) atoms. The molecule has 8 heteroatoms. The molecule has 1 amide bonds. The molecular weight excluding hydrogens is 423 g/mol. The Labute approximate surface area is 191 Å². The molecule has 0 bridgehead atoms. The fourth-order valence-corrected chi connectivity index (χ4v) is 4.03. The summed E-state index contributed by atoms with van der Waals surface area (Å²) in [5, 5.41) is 14.9. The summed E-state index contributed by atoms with van der Waals surface area (Å²) in [7, 11) is 0. The van der Waals surface area contributed by atoms with Crippen LogP contribution in [0.1, 0.15) is 28.9 Å². The highest BCUT2D eigenvalue weighted by atomic mass is 19.1. The third-order valence-corrected chi connectivity index (χ3v) is 5.88. The molecule has 1 saturated heterocycles.